The Morgan fingerprint density at radius 2 is 0.843 bits per heavy atom. The lowest BCUT2D eigenvalue weighted by Crippen LogP contribution is -2.26. The van der Waals surface area contributed by atoms with E-state index in [0.717, 1.165) is 0 Å². The molecule has 0 nitrogen and oxygen atoms in total. The molecule has 0 atom stereocenters. The molecule has 10 aromatic rings. The molecule has 0 amide bonds. The van der Waals surface area contributed by atoms with Crippen molar-refractivity contribution in [2.75, 3.05) is 0 Å². The fraction of sp³-hybridized carbons (Fsp3) is 0. The van der Waals surface area contributed by atoms with Gasteiger partial charge in [-0.25, -0.2) is 0 Å². The maximum Gasteiger partial charge on any atom is 0.0875 e. The highest BCUT2D eigenvalue weighted by Gasteiger charge is 2.19. The Bertz CT molecular complexity index is 2940. The monoisotopic (exact) mass is 662 g/mol. The van der Waals surface area contributed by atoms with E-state index in [1.165, 1.54) is 97.6 Å². The van der Waals surface area contributed by atoms with E-state index in [-0.39, 0.29) is 0 Å². The summed E-state index contributed by atoms with van der Waals surface area (Å²) in [6.45, 7) is 0. The average molecular weight is 663 g/mol. The minimum Gasteiger partial charge on any atom is -0.0633 e. The summed E-state index contributed by atoms with van der Waals surface area (Å²) in [5, 5.41) is 15.8. The van der Waals surface area contributed by atoms with Crippen LogP contribution in [0.2, 0.25) is 0 Å². The van der Waals surface area contributed by atoms with Crippen molar-refractivity contribution >= 4 is 73.8 Å². The van der Waals surface area contributed by atoms with Crippen molar-refractivity contribution in [2.24, 2.45) is 0 Å². The van der Waals surface area contributed by atoms with E-state index in [2.05, 4.69) is 194 Å². The van der Waals surface area contributed by atoms with Crippen LogP contribution < -0.4 is 10.4 Å². The molecule has 0 unspecified atom stereocenters. The maximum atomic E-state index is 2.51. The van der Waals surface area contributed by atoms with E-state index < -0.39 is 9.52 Å². The highest BCUT2D eigenvalue weighted by Crippen LogP contribution is 2.45. The third kappa shape index (κ3) is 5.14. The molecule has 0 bridgehead atoms. The van der Waals surface area contributed by atoms with Crippen LogP contribution in [0.25, 0.3) is 87.2 Å². The molecule has 0 aliphatic heterocycles. The third-order valence-corrected chi connectivity index (χ3v) is 12.3. The average Bonchev–Trinajstić information content (AvgIpc) is 3.20. The summed E-state index contributed by atoms with van der Waals surface area (Å²) in [5.74, 6) is 0. The zero-order chi connectivity index (χ0) is 33.7. The second-order valence-electron chi connectivity index (χ2n) is 13.7. The molecule has 0 saturated heterocycles. The van der Waals surface area contributed by atoms with Crippen molar-refractivity contribution in [3.05, 3.63) is 194 Å². The Labute approximate surface area is 300 Å². The zero-order valence-corrected chi connectivity index (χ0v) is 29.6. The van der Waals surface area contributed by atoms with Gasteiger partial charge in [0.15, 0.2) is 0 Å². The van der Waals surface area contributed by atoms with Crippen LogP contribution in [0, 0.1) is 0 Å². The lowest BCUT2D eigenvalue weighted by atomic mass is 9.84. The molecule has 0 radical (unpaired) electrons. The lowest BCUT2D eigenvalue weighted by Gasteiger charge is -2.19. The van der Waals surface area contributed by atoms with Crippen LogP contribution in [0.3, 0.4) is 0 Å². The predicted molar refractivity (Wildman–Crippen MR) is 225 cm³/mol. The van der Waals surface area contributed by atoms with Gasteiger partial charge in [0.25, 0.3) is 0 Å². The lowest BCUT2D eigenvalue weighted by molar-refractivity contribution is 1.64. The Hall–Kier alpha value is -6.28. The summed E-state index contributed by atoms with van der Waals surface area (Å²) in [6, 6.07) is 72.2. The summed E-state index contributed by atoms with van der Waals surface area (Å²) in [7, 11) is -0.657. The second kappa shape index (κ2) is 12.2. The van der Waals surface area contributed by atoms with Crippen molar-refractivity contribution in [3.63, 3.8) is 0 Å². The molecule has 0 aliphatic rings. The van der Waals surface area contributed by atoms with Gasteiger partial charge in [-0.1, -0.05) is 186 Å². The van der Waals surface area contributed by atoms with Crippen LogP contribution >= 0.6 is 0 Å². The van der Waals surface area contributed by atoms with Gasteiger partial charge in [-0.15, -0.1) is 0 Å². The SMILES string of the molecule is c1ccc([SiH2]c2ccc3c(-c4cccc(-c5cc6ccccc6c6ccccc56)c4)c4ccccc4c(-c4ccc5ccccc5c4)c3c2)cc1. The molecule has 10 aromatic carbocycles. The third-order valence-electron chi connectivity index (χ3n) is 10.6. The number of fused-ring (bicyclic) bond motifs is 6. The van der Waals surface area contributed by atoms with Crippen molar-refractivity contribution < 1.29 is 0 Å². The summed E-state index contributed by atoms with van der Waals surface area (Å²) < 4.78 is 0. The van der Waals surface area contributed by atoms with Crippen LogP contribution in [0.4, 0.5) is 0 Å². The smallest absolute Gasteiger partial charge is 0.0633 e. The van der Waals surface area contributed by atoms with E-state index in [0.29, 0.717) is 0 Å². The summed E-state index contributed by atoms with van der Waals surface area (Å²) in [4.78, 5) is 0. The first-order valence-electron chi connectivity index (χ1n) is 17.8. The Morgan fingerprint density at radius 1 is 0.255 bits per heavy atom. The van der Waals surface area contributed by atoms with Gasteiger partial charge in [0.2, 0.25) is 0 Å². The molecule has 0 saturated carbocycles. The topological polar surface area (TPSA) is 0 Å². The van der Waals surface area contributed by atoms with Crippen LogP contribution in [-0.2, 0) is 0 Å². The van der Waals surface area contributed by atoms with Crippen LogP contribution in [0.15, 0.2) is 194 Å². The van der Waals surface area contributed by atoms with E-state index in [9.17, 15) is 0 Å². The highest BCUT2D eigenvalue weighted by atomic mass is 28.2. The normalized spacial score (nSPS) is 11.8. The number of hydrogen-bond donors (Lipinski definition) is 0. The number of benzene rings is 10. The molecule has 0 aliphatic carbocycles. The second-order valence-corrected chi connectivity index (χ2v) is 15.7. The molecular formula is C50H34Si. The molecule has 1 heteroatoms. The number of hydrogen-bond acceptors (Lipinski definition) is 0. The first-order valence-corrected chi connectivity index (χ1v) is 19.2. The Balaban J connectivity index is 1.25. The molecule has 0 spiro atoms. The van der Waals surface area contributed by atoms with E-state index in [4.69, 9.17) is 0 Å². The van der Waals surface area contributed by atoms with Crippen LogP contribution in [-0.4, -0.2) is 9.52 Å². The van der Waals surface area contributed by atoms with Gasteiger partial charge in [-0.05, 0) is 105 Å². The summed E-state index contributed by atoms with van der Waals surface area (Å²) in [5.41, 5.74) is 7.61. The highest BCUT2D eigenvalue weighted by molar-refractivity contribution is 6.67. The van der Waals surface area contributed by atoms with E-state index in [1.807, 2.05) is 0 Å². The van der Waals surface area contributed by atoms with E-state index >= 15 is 0 Å². The van der Waals surface area contributed by atoms with Crippen LogP contribution in [0.1, 0.15) is 0 Å². The molecule has 0 heterocycles. The zero-order valence-electron chi connectivity index (χ0n) is 28.2. The summed E-state index contributed by atoms with van der Waals surface area (Å²) >= 11 is 0. The van der Waals surface area contributed by atoms with Gasteiger partial charge in [-0.3, -0.25) is 0 Å². The first-order chi connectivity index (χ1) is 25.3. The fourth-order valence-electron chi connectivity index (χ4n) is 8.27. The number of rotatable bonds is 5. The minimum atomic E-state index is -0.657. The molecule has 51 heavy (non-hydrogen) atoms. The van der Waals surface area contributed by atoms with Gasteiger partial charge in [0.1, 0.15) is 0 Å². The minimum absolute atomic E-state index is 0.657. The molecule has 10 rings (SSSR count). The predicted octanol–water partition coefficient (Wildman–Crippen LogP) is 11.6. The molecule has 238 valence electrons. The van der Waals surface area contributed by atoms with Gasteiger partial charge < -0.3 is 0 Å². The summed E-state index contributed by atoms with van der Waals surface area (Å²) in [6.07, 6.45) is 0. The molecule has 0 aromatic heterocycles. The van der Waals surface area contributed by atoms with Gasteiger partial charge in [-0.2, -0.15) is 0 Å². The first kappa shape index (κ1) is 29.6. The Kier molecular flexibility index (Phi) is 7.11. The van der Waals surface area contributed by atoms with Crippen molar-refractivity contribution in [3.8, 4) is 33.4 Å². The quantitative estimate of drug-likeness (QED) is 0.0977. The molecular weight excluding hydrogens is 629 g/mol. The molecule has 0 N–H and O–H groups in total. The Morgan fingerprint density at radius 3 is 1.65 bits per heavy atom. The fourth-order valence-corrected chi connectivity index (χ4v) is 9.79. The van der Waals surface area contributed by atoms with Crippen molar-refractivity contribution in [1.29, 1.82) is 0 Å². The van der Waals surface area contributed by atoms with Gasteiger partial charge in [0, 0.05) is 0 Å². The van der Waals surface area contributed by atoms with Crippen molar-refractivity contribution in [2.45, 2.75) is 0 Å². The molecule has 0 fully saturated rings. The van der Waals surface area contributed by atoms with Crippen molar-refractivity contribution in [1.82, 2.24) is 0 Å². The maximum absolute atomic E-state index is 2.51. The van der Waals surface area contributed by atoms with Gasteiger partial charge in [0.05, 0.1) is 9.52 Å². The van der Waals surface area contributed by atoms with Gasteiger partial charge >= 0.3 is 0 Å². The van der Waals surface area contributed by atoms with Crippen LogP contribution in [0.5, 0.6) is 0 Å². The van der Waals surface area contributed by atoms with E-state index in [1.54, 1.807) is 0 Å². The largest absolute Gasteiger partial charge is 0.0875 e. The standard InChI is InChI=1S/C50H34Si/c1-2-18-39(19-3-1)51-40-27-28-46-48(32-40)50(38-26-25-33-13-4-5-14-34(33)29-38)45-24-11-10-23-44(45)49(46)37-17-12-16-35(30-37)47-31-36-15-6-7-20-41(36)42-21-8-9-22-43(42)47/h1-32H,51H2.